The summed E-state index contributed by atoms with van der Waals surface area (Å²) in [7, 11) is 1.35. The number of hydrogen-bond acceptors (Lipinski definition) is 5. The number of benzene rings is 1. The molecule has 0 aromatic heterocycles. The number of carbonyl (C=O) groups excluding carboxylic acids is 2. The third kappa shape index (κ3) is 5.04. The first-order valence-corrected chi connectivity index (χ1v) is 7.85. The largest absolute Gasteiger partial charge is 0.469 e. The maximum absolute atomic E-state index is 12.4. The van der Waals surface area contributed by atoms with Crippen molar-refractivity contribution in [2.45, 2.75) is 25.4 Å². The lowest BCUT2D eigenvalue weighted by Crippen LogP contribution is -2.45. The molecule has 1 fully saturated rings. The lowest BCUT2D eigenvalue weighted by Gasteiger charge is -2.27. The van der Waals surface area contributed by atoms with Gasteiger partial charge in [-0.1, -0.05) is 30.3 Å². The monoisotopic (exact) mass is 320 g/mol. The first-order valence-electron chi connectivity index (χ1n) is 7.85. The van der Waals surface area contributed by atoms with Crippen LogP contribution in [-0.4, -0.2) is 44.8 Å². The van der Waals surface area contributed by atoms with Crippen LogP contribution < -0.4 is 10.6 Å². The van der Waals surface area contributed by atoms with Crippen molar-refractivity contribution in [3.05, 3.63) is 35.9 Å². The standard InChI is InChI=1S/C17H24N2O4/c1-12(17(21)22-2)16(13-6-4-3-5-7-13)19-15(20)10-14-11-23-9-8-18-14/h3-7,12,14,16,18H,8-11H2,1-2H3,(H,19,20). The van der Waals surface area contributed by atoms with Crippen LogP contribution in [0.3, 0.4) is 0 Å². The molecular formula is C17H24N2O4. The Morgan fingerprint density at radius 3 is 2.74 bits per heavy atom. The van der Waals surface area contributed by atoms with Crippen LogP contribution >= 0.6 is 0 Å². The third-order valence-electron chi connectivity index (χ3n) is 3.98. The fourth-order valence-corrected chi connectivity index (χ4v) is 2.69. The minimum Gasteiger partial charge on any atom is -0.469 e. The predicted octanol–water partition coefficient (Wildman–Crippen LogP) is 1.03. The lowest BCUT2D eigenvalue weighted by molar-refractivity contribution is -0.146. The molecule has 0 spiro atoms. The summed E-state index contributed by atoms with van der Waals surface area (Å²) in [5.74, 6) is -0.933. The molecule has 0 radical (unpaired) electrons. The van der Waals surface area contributed by atoms with Gasteiger partial charge in [0.15, 0.2) is 0 Å². The summed E-state index contributed by atoms with van der Waals surface area (Å²) in [5, 5.41) is 6.21. The van der Waals surface area contributed by atoms with Crippen molar-refractivity contribution in [3.63, 3.8) is 0 Å². The predicted molar refractivity (Wildman–Crippen MR) is 85.7 cm³/mol. The maximum atomic E-state index is 12.4. The molecule has 1 saturated heterocycles. The van der Waals surface area contributed by atoms with E-state index >= 15 is 0 Å². The highest BCUT2D eigenvalue weighted by Crippen LogP contribution is 2.23. The molecule has 0 aliphatic carbocycles. The summed E-state index contributed by atoms with van der Waals surface area (Å²) in [6, 6.07) is 9.05. The van der Waals surface area contributed by atoms with Gasteiger partial charge in [0.1, 0.15) is 0 Å². The summed E-state index contributed by atoms with van der Waals surface area (Å²) in [6.07, 6.45) is 0.317. The van der Waals surface area contributed by atoms with Gasteiger partial charge in [-0.3, -0.25) is 9.59 Å². The minimum absolute atomic E-state index is 0.00797. The Morgan fingerprint density at radius 1 is 1.39 bits per heavy atom. The van der Waals surface area contributed by atoms with Gasteiger partial charge in [0, 0.05) is 19.0 Å². The van der Waals surface area contributed by atoms with Crippen LogP contribution in [0.15, 0.2) is 30.3 Å². The minimum atomic E-state index is -0.470. The number of morpholine rings is 1. The average Bonchev–Trinajstić information content (AvgIpc) is 2.60. The van der Waals surface area contributed by atoms with E-state index in [0.29, 0.717) is 19.6 Å². The van der Waals surface area contributed by atoms with Gasteiger partial charge >= 0.3 is 5.97 Å². The first kappa shape index (κ1) is 17.4. The summed E-state index contributed by atoms with van der Waals surface area (Å²) in [4.78, 5) is 24.2. The summed E-state index contributed by atoms with van der Waals surface area (Å²) in [6.45, 7) is 3.70. The highest BCUT2D eigenvalue weighted by Gasteiger charge is 2.28. The van der Waals surface area contributed by atoms with Gasteiger partial charge in [0.05, 0.1) is 32.3 Å². The van der Waals surface area contributed by atoms with E-state index in [9.17, 15) is 9.59 Å². The van der Waals surface area contributed by atoms with Crippen LogP contribution in [0.5, 0.6) is 0 Å². The van der Waals surface area contributed by atoms with Crippen LogP contribution in [0, 0.1) is 5.92 Å². The van der Waals surface area contributed by atoms with Crippen molar-refractivity contribution < 1.29 is 19.1 Å². The fraction of sp³-hybridized carbons (Fsp3) is 0.529. The number of methoxy groups -OCH3 is 1. The Balaban J connectivity index is 2.04. The van der Waals surface area contributed by atoms with Crippen LogP contribution in [0.4, 0.5) is 0 Å². The molecule has 6 nitrogen and oxygen atoms in total. The Hall–Kier alpha value is -1.92. The van der Waals surface area contributed by atoms with Gasteiger partial charge in [-0.05, 0) is 12.5 Å². The molecule has 2 N–H and O–H groups in total. The van der Waals surface area contributed by atoms with E-state index in [1.165, 1.54) is 7.11 Å². The van der Waals surface area contributed by atoms with Gasteiger partial charge in [0.2, 0.25) is 5.91 Å². The van der Waals surface area contributed by atoms with Gasteiger partial charge in [-0.2, -0.15) is 0 Å². The molecule has 6 heteroatoms. The van der Waals surface area contributed by atoms with Gasteiger partial charge in [-0.15, -0.1) is 0 Å². The van der Waals surface area contributed by atoms with E-state index in [2.05, 4.69) is 10.6 Å². The van der Waals surface area contributed by atoms with E-state index in [1.54, 1.807) is 6.92 Å². The van der Waals surface area contributed by atoms with Gasteiger partial charge < -0.3 is 20.1 Å². The molecular weight excluding hydrogens is 296 g/mol. The second-order valence-electron chi connectivity index (χ2n) is 5.70. The number of nitrogens with one attached hydrogen (secondary N) is 2. The summed E-state index contributed by atoms with van der Waals surface area (Å²) in [5.41, 5.74) is 0.881. The number of ether oxygens (including phenoxy) is 2. The zero-order chi connectivity index (χ0) is 16.7. The summed E-state index contributed by atoms with van der Waals surface area (Å²) < 4.78 is 10.2. The maximum Gasteiger partial charge on any atom is 0.310 e. The normalized spacial score (nSPS) is 20.3. The van der Waals surface area contributed by atoms with Crippen LogP contribution in [-0.2, 0) is 19.1 Å². The van der Waals surface area contributed by atoms with Crippen molar-refractivity contribution in [3.8, 4) is 0 Å². The molecule has 2 rings (SSSR count). The molecule has 0 bridgehead atoms. The third-order valence-corrected chi connectivity index (χ3v) is 3.98. The van der Waals surface area contributed by atoms with Crippen molar-refractivity contribution in [1.82, 2.24) is 10.6 Å². The number of carbonyl (C=O) groups is 2. The Labute approximate surface area is 136 Å². The van der Waals surface area contributed by atoms with E-state index in [0.717, 1.165) is 12.1 Å². The molecule has 1 heterocycles. The quantitative estimate of drug-likeness (QED) is 0.766. The van der Waals surface area contributed by atoms with Crippen LogP contribution in [0.25, 0.3) is 0 Å². The highest BCUT2D eigenvalue weighted by atomic mass is 16.5. The molecule has 1 aromatic rings. The van der Waals surface area contributed by atoms with Gasteiger partial charge in [0.25, 0.3) is 0 Å². The van der Waals surface area contributed by atoms with E-state index in [-0.39, 0.29) is 17.9 Å². The van der Waals surface area contributed by atoms with Crippen molar-refractivity contribution in [2.24, 2.45) is 5.92 Å². The van der Waals surface area contributed by atoms with Crippen LogP contribution in [0.2, 0.25) is 0 Å². The zero-order valence-corrected chi connectivity index (χ0v) is 13.6. The Kier molecular flexibility index (Phi) is 6.55. The zero-order valence-electron chi connectivity index (χ0n) is 13.6. The highest BCUT2D eigenvalue weighted by molar-refractivity contribution is 5.79. The number of amides is 1. The molecule has 0 saturated carbocycles. The number of hydrogen-bond donors (Lipinski definition) is 2. The lowest BCUT2D eigenvalue weighted by atomic mass is 9.94. The molecule has 126 valence electrons. The van der Waals surface area contributed by atoms with Gasteiger partial charge in [-0.25, -0.2) is 0 Å². The molecule has 3 atom stereocenters. The number of rotatable bonds is 6. The molecule has 1 aliphatic heterocycles. The smallest absolute Gasteiger partial charge is 0.310 e. The van der Waals surface area contributed by atoms with Crippen molar-refractivity contribution in [1.29, 1.82) is 0 Å². The summed E-state index contributed by atoms with van der Waals surface area (Å²) >= 11 is 0. The molecule has 1 amide bonds. The number of esters is 1. The molecule has 1 aliphatic rings. The molecule has 3 unspecified atom stereocenters. The van der Waals surface area contributed by atoms with E-state index < -0.39 is 12.0 Å². The Bertz CT molecular complexity index is 515. The van der Waals surface area contributed by atoms with E-state index in [4.69, 9.17) is 9.47 Å². The fourth-order valence-electron chi connectivity index (χ4n) is 2.69. The van der Waals surface area contributed by atoms with E-state index in [1.807, 2.05) is 30.3 Å². The molecule has 1 aromatic carbocycles. The molecule has 23 heavy (non-hydrogen) atoms. The second kappa shape index (κ2) is 8.64. The first-order chi connectivity index (χ1) is 11.1. The SMILES string of the molecule is COC(=O)C(C)C(NC(=O)CC1COCCN1)c1ccccc1. The topological polar surface area (TPSA) is 76.7 Å². The average molecular weight is 320 g/mol. The second-order valence-corrected chi connectivity index (χ2v) is 5.70. The Morgan fingerprint density at radius 2 is 2.13 bits per heavy atom. The van der Waals surface area contributed by atoms with Crippen LogP contribution in [0.1, 0.15) is 24.9 Å². The van der Waals surface area contributed by atoms with Crippen molar-refractivity contribution >= 4 is 11.9 Å². The van der Waals surface area contributed by atoms with Crippen molar-refractivity contribution in [2.75, 3.05) is 26.9 Å².